The van der Waals surface area contributed by atoms with Gasteiger partial charge in [0.2, 0.25) is 5.91 Å². The average Bonchev–Trinajstić information content (AvgIpc) is 2.29. The highest BCUT2D eigenvalue weighted by Gasteiger charge is 2.26. The molecular formula is C11H10BrF3N2O3. The third-order valence-electron chi connectivity index (χ3n) is 2.09. The van der Waals surface area contributed by atoms with Crippen LogP contribution in [0, 0.1) is 0 Å². The van der Waals surface area contributed by atoms with Gasteiger partial charge in [0, 0.05) is 10.2 Å². The van der Waals surface area contributed by atoms with Crippen molar-refractivity contribution < 1.29 is 27.9 Å². The third-order valence-corrected chi connectivity index (χ3v) is 2.78. The number of alkyl halides is 3. The van der Waals surface area contributed by atoms with E-state index in [1.54, 1.807) is 0 Å². The molecule has 0 radical (unpaired) electrons. The maximum Gasteiger partial charge on any atom is 0.401 e. The Labute approximate surface area is 120 Å². The Morgan fingerprint density at radius 1 is 1.30 bits per heavy atom. The van der Waals surface area contributed by atoms with Gasteiger partial charge in [-0.3, -0.25) is 4.79 Å². The Balaban J connectivity index is 2.58. The molecule has 0 spiro atoms. The summed E-state index contributed by atoms with van der Waals surface area (Å²) in [5.74, 6) is -1.89. The summed E-state index contributed by atoms with van der Waals surface area (Å²) < 4.78 is 35.9. The first kappa shape index (κ1) is 16.4. The van der Waals surface area contributed by atoms with Crippen LogP contribution in [-0.2, 0) is 4.79 Å². The highest BCUT2D eigenvalue weighted by atomic mass is 79.9. The maximum atomic E-state index is 11.9. The lowest BCUT2D eigenvalue weighted by atomic mass is 10.2. The Kier molecular flexibility index (Phi) is 5.52. The Morgan fingerprint density at radius 3 is 2.50 bits per heavy atom. The number of carbonyl (C=O) groups is 2. The van der Waals surface area contributed by atoms with Crippen LogP contribution in [0.4, 0.5) is 18.9 Å². The van der Waals surface area contributed by atoms with E-state index in [1.807, 2.05) is 5.32 Å². The molecule has 110 valence electrons. The molecule has 0 fully saturated rings. The molecule has 0 aliphatic rings. The summed E-state index contributed by atoms with van der Waals surface area (Å²) in [6, 6.07) is 4.05. The van der Waals surface area contributed by atoms with E-state index < -0.39 is 31.1 Å². The lowest BCUT2D eigenvalue weighted by Crippen LogP contribution is -2.35. The van der Waals surface area contributed by atoms with Crippen molar-refractivity contribution in [3.63, 3.8) is 0 Å². The van der Waals surface area contributed by atoms with E-state index >= 15 is 0 Å². The zero-order valence-corrected chi connectivity index (χ0v) is 11.5. The Hall–Kier alpha value is -1.61. The number of anilines is 1. The number of amides is 1. The van der Waals surface area contributed by atoms with Crippen LogP contribution < -0.4 is 10.6 Å². The number of rotatable bonds is 5. The van der Waals surface area contributed by atoms with Crippen LogP contribution in [0.15, 0.2) is 22.7 Å². The van der Waals surface area contributed by atoms with E-state index in [1.165, 1.54) is 18.2 Å². The van der Waals surface area contributed by atoms with Crippen molar-refractivity contribution in [3.8, 4) is 0 Å². The Bertz CT molecular complexity index is 520. The van der Waals surface area contributed by atoms with Crippen molar-refractivity contribution in [1.82, 2.24) is 5.32 Å². The number of carbonyl (C=O) groups excluding carboxylic acids is 1. The quantitative estimate of drug-likeness (QED) is 0.757. The molecule has 5 nitrogen and oxygen atoms in total. The standard InChI is InChI=1S/C11H10BrF3N2O3/c12-8-2-1-6(3-7(8)10(19)20)17-9(18)4-16-5-11(13,14)15/h1-3,16H,4-5H2,(H,17,18)(H,19,20). The summed E-state index contributed by atoms with van der Waals surface area (Å²) in [5, 5.41) is 13.1. The van der Waals surface area contributed by atoms with E-state index in [4.69, 9.17) is 5.11 Å². The first-order valence-electron chi connectivity index (χ1n) is 5.29. The van der Waals surface area contributed by atoms with Gasteiger partial charge in [-0.25, -0.2) is 4.79 Å². The van der Waals surface area contributed by atoms with Gasteiger partial charge >= 0.3 is 12.1 Å². The van der Waals surface area contributed by atoms with Crippen LogP contribution >= 0.6 is 15.9 Å². The molecule has 1 amide bonds. The number of nitrogens with one attached hydrogen (secondary N) is 2. The van der Waals surface area contributed by atoms with Crippen molar-refractivity contribution >= 4 is 33.5 Å². The molecule has 1 aromatic rings. The van der Waals surface area contributed by atoms with Gasteiger partial charge in [-0.1, -0.05) is 0 Å². The molecule has 9 heteroatoms. The second kappa shape index (κ2) is 6.71. The summed E-state index contributed by atoms with van der Waals surface area (Å²) in [5.41, 5.74) is 0.121. The van der Waals surface area contributed by atoms with Crippen LogP contribution in [0.5, 0.6) is 0 Å². The normalized spacial score (nSPS) is 11.2. The minimum atomic E-state index is -4.39. The molecule has 0 heterocycles. The van der Waals surface area contributed by atoms with Gasteiger partial charge in [0.05, 0.1) is 18.7 Å². The molecule has 0 saturated carbocycles. The first-order valence-corrected chi connectivity index (χ1v) is 6.08. The van der Waals surface area contributed by atoms with Crippen LogP contribution in [0.3, 0.4) is 0 Å². The van der Waals surface area contributed by atoms with E-state index in [9.17, 15) is 22.8 Å². The maximum absolute atomic E-state index is 11.9. The van der Waals surface area contributed by atoms with Crippen LogP contribution in [-0.4, -0.2) is 36.2 Å². The van der Waals surface area contributed by atoms with Gasteiger partial charge < -0.3 is 15.7 Å². The second-order valence-corrected chi connectivity index (χ2v) is 4.62. The zero-order chi connectivity index (χ0) is 15.3. The molecule has 0 unspecified atom stereocenters. The summed E-state index contributed by atoms with van der Waals surface area (Å²) >= 11 is 3.03. The number of carboxylic acid groups (broad SMARTS) is 1. The molecular weight excluding hydrogens is 345 g/mol. The van der Waals surface area contributed by atoms with Gasteiger partial charge in [0.25, 0.3) is 0 Å². The molecule has 1 aromatic carbocycles. The van der Waals surface area contributed by atoms with Gasteiger partial charge in [-0.15, -0.1) is 0 Å². The lowest BCUT2D eigenvalue weighted by Gasteiger charge is -2.09. The smallest absolute Gasteiger partial charge is 0.401 e. The molecule has 0 aromatic heterocycles. The minimum absolute atomic E-state index is 0.0638. The fourth-order valence-electron chi connectivity index (χ4n) is 1.29. The predicted octanol–water partition coefficient (Wildman–Crippen LogP) is 2.24. The summed E-state index contributed by atoms with van der Waals surface area (Å²) in [7, 11) is 0. The molecule has 0 aliphatic carbocycles. The molecule has 3 N–H and O–H groups in total. The van der Waals surface area contributed by atoms with Gasteiger partial charge in [0.1, 0.15) is 0 Å². The molecule has 1 rings (SSSR count). The fourth-order valence-corrected chi connectivity index (χ4v) is 1.71. The minimum Gasteiger partial charge on any atom is -0.478 e. The summed E-state index contributed by atoms with van der Waals surface area (Å²) in [6.07, 6.45) is -4.39. The van der Waals surface area contributed by atoms with E-state index in [2.05, 4.69) is 21.2 Å². The van der Waals surface area contributed by atoms with Crippen molar-refractivity contribution in [2.75, 3.05) is 18.4 Å². The highest BCUT2D eigenvalue weighted by molar-refractivity contribution is 9.10. The van der Waals surface area contributed by atoms with Gasteiger partial charge in [-0.2, -0.15) is 13.2 Å². The SMILES string of the molecule is O=C(CNCC(F)(F)F)Nc1ccc(Br)c(C(=O)O)c1. The monoisotopic (exact) mass is 354 g/mol. The topological polar surface area (TPSA) is 78.4 Å². The van der Waals surface area contributed by atoms with Crippen molar-refractivity contribution in [3.05, 3.63) is 28.2 Å². The van der Waals surface area contributed by atoms with Crippen molar-refractivity contribution in [2.24, 2.45) is 0 Å². The highest BCUT2D eigenvalue weighted by Crippen LogP contribution is 2.21. The van der Waals surface area contributed by atoms with Crippen LogP contribution in [0.1, 0.15) is 10.4 Å². The number of carboxylic acids is 1. The zero-order valence-electron chi connectivity index (χ0n) is 9.92. The van der Waals surface area contributed by atoms with E-state index in [0.717, 1.165) is 0 Å². The second-order valence-electron chi connectivity index (χ2n) is 3.77. The largest absolute Gasteiger partial charge is 0.478 e. The van der Waals surface area contributed by atoms with E-state index in [0.29, 0.717) is 4.47 Å². The van der Waals surface area contributed by atoms with Gasteiger partial charge in [0.15, 0.2) is 0 Å². The molecule has 0 saturated heterocycles. The van der Waals surface area contributed by atoms with E-state index in [-0.39, 0.29) is 11.3 Å². The molecule has 20 heavy (non-hydrogen) atoms. The third kappa shape index (κ3) is 5.57. The first-order chi connectivity index (χ1) is 9.19. The van der Waals surface area contributed by atoms with Crippen LogP contribution in [0.25, 0.3) is 0 Å². The Morgan fingerprint density at radius 2 is 1.95 bits per heavy atom. The number of hydrogen-bond acceptors (Lipinski definition) is 3. The molecule has 0 bridgehead atoms. The van der Waals surface area contributed by atoms with Crippen molar-refractivity contribution in [2.45, 2.75) is 6.18 Å². The molecule has 0 aliphatic heterocycles. The lowest BCUT2D eigenvalue weighted by molar-refractivity contribution is -0.126. The number of hydrogen-bond donors (Lipinski definition) is 3. The fraction of sp³-hybridized carbons (Fsp3) is 0.273. The molecule has 0 atom stereocenters. The number of halogens is 4. The summed E-state index contributed by atoms with van der Waals surface area (Å²) in [6.45, 7) is -1.81. The number of benzene rings is 1. The van der Waals surface area contributed by atoms with Gasteiger partial charge in [-0.05, 0) is 34.1 Å². The average molecular weight is 355 g/mol. The van der Waals surface area contributed by atoms with Crippen LogP contribution in [0.2, 0.25) is 0 Å². The summed E-state index contributed by atoms with van der Waals surface area (Å²) in [4.78, 5) is 22.2. The number of aromatic carboxylic acids is 1. The van der Waals surface area contributed by atoms with Crippen molar-refractivity contribution in [1.29, 1.82) is 0 Å². The predicted molar refractivity (Wildman–Crippen MR) is 68.7 cm³/mol.